The van der Waals surface area contributed by atoms with Gasteiger partial charge in [0.25, 0.3) is 0 Å². The van der Waals surface area contributed by atoms with Gasteiger partial charge in [0.05, 0.1) is 15.7 Å². The van der Waals surface area contributed by atoms with Crippen LogP contribution in [0, 0.1) is 5.92 Å². The Morgan fingerprint density at radius 2 is 1.94 bits per heavy atom. The van der Waals surface area contributed by atoms with Gasteiger partial charge in [0.1, 0.15) is 0 Å². The molecule has 17 heavy (non-hydrogen) atoms. The Hall–Kier alpha value is -0.440. The molecule has 2 rings (SSSR count). The molecule has 1 heterocycles. The number of nitrogens with one attached hydrogen (secondary N) is 1. The van der Waals surface area contributed by atoms with Crippen molar-refractivity contribution in [2.24, 2.45) is 5.92 Å². The van der Waals surface area contributed by atoms with Gasteiger partial charge in [-0.2, -0.15) is 0 Å². The van der Waals surface area contributed by atoms with Crippen LogP contribution in [0.15, 0.2) is 18.2 Å². The molecule has 94 valence electrons. The SMILES string of the molecule is CC(C)C1CNCCN1c1c(Cl)cccc1Cl. The first-order valence-corrected chi connectivity index (χ1v) is 6.78. The van der Waals surface area contributed by atoms with Gasteiger partial charge in [0.15, 0.2) is 0 Å². The summed E-state index contributed by atoms with van der Waals surface area (Å²) in [5.41, 5.74) is 0.982. The molecule has 0 spiro atoms. The van der Waals surface area contributed by atoms with E-state index < -0.39 is 0 Å². The molecule has 0 aliphatic carbocycles. The van der Waals surface area contributed by atoms with E-state index in [-0.39, 0.29) is 0 Å². The Morgan fingerprint density at radius 3 is 2.53 bits per heavy atom. The van der Waals surface area contributed by atoms with Gasteiger partial charge in [0.2, 0.25) is 0 Å². The van der Waals surface area contributed by atoms with Crippen LogP contribution in [-0.2, 0) is 0 Å². The quantitative estimate of drug-likeness (QED) is 0.888. The molecule has 0 saturated carbocycles. The Labute approximate surface area is 113 Å². The summed E-state index contributed by atoms with van der Waals surface area (Å²) >= 11 is 12.6. The average molecular weight is 273 g/mol. The van der Waals surface area contributed by atoms with E-state index in [1.807, 2.05) is 18.2 Å². The van der Waals surface area contributed by atoms with E-state index >= 15 is 0 Å². The lowest BCUT2D eigenvalue weighted by molar-refractivity contribution is 0.390. The van der Waals surface area contributed by atoms with Crippen LogP contribution in [0.1, 0.15) is 13.8 Å². The van der Waals surface area contributed by atoms with Gasteiger partial charge in [-0.25, -0.2) is 0 Å². The molecular weight excluding hydrogens is 255 g/mol. The summed E-state index contributed by atoms with van der Waals surface area (Å²) in [6.07, 6.45) is 0. The number of hydrogen-bond donors (Lipinski definition) is 1. The zero-order chi connectivity index (χ0) is 12.4. The third kappa shape index (κ3) is 2.70. The van der Waals surface area contributed by atoms with E-state index in [1.165, 1.54) is 0 Å². The van der Waals surface area contributed by atoms with Crippen molar-refractivity contribution in [2.75, 3.05) is 24.5 Å². The first kappa shape index (κ1) is 13.0. The second-order valence-electron chi connectivity index (χ2n) is 4.78. The monoisotopic (exact) mass is 272 g/mol. The fourth-order valence-electron chi connectivity index (χ4n) is 2.36. The first-order valence-electron chi connectivity index (χ1n) is 6.02. The zero-order valence-corrected chi connectivity index (χ0v) is 11.7. The van der Waals surface area contributed by atoms with Gasteiger partial charge in [-0.1, -0.05) is 43.1 Å². The minimum Gasteiger partial charge on any atom is -0.363 e. The van der Waals surface area contributed by atoms with E-state index in [1.54, 1.807) is 0 Å². The van der Waals surface area contributed by atoms with Crippen LogP contribution < -0.4 is 10.2 Å². The lowest BCUT2D eigenvalue weighted by Gasteiger charge is -2.41. The molecule has 1 fully saturated rings. The van der Waals surface area contributed by atoms with Crippen LogP contribution in [0.3, 0.4) is 0 Å². The molecule has 1 atom stereocenters. The minimum atomic E-state index is 0.446. The maximum Gasteiger partial charge on any atom is 0.0748 e. The number of anilines is 1. The maximum atomic E-state index is 6.29. The first-order chi connectivity index (χ1) is 8.11. The van der Waals surface area contributed by atoms with Crippen molar-refractivity contribution in [3.05, 3.63) is 28.2 Å². The van der Waals surface area contributed by atoms with Crippen LogP contribution in [-0.4, -0.2) is 25.7 Å². The number of benzene rings is 1. The molecule has 1 saturated heterocycles. The zero-order valence-electron chi connectivity index (χ0n) is 10.2. The summed E-state index contributed by atoms with van der Waals surface area (Å²) < 4.78 is 0. The second-order valence-corrected chi connectivity index (χ2v) is 5.59. The summed E-state index contributed by atoms with van der Waals surface area (Å²) in [6, 6.07) is 6.15. The fourth-order valence-corrected chi connectivity index (χ4v) is 2.98. The second kappa shape index (κ2) is 5.47. The van der Waals surface area contributed by atoms with E-state index in [0.717, 1.165) is 35.4 Å². The average Bonchev–Trinajstić information content (AvgIpc) is 2.29. The van der Waals surface area contributed by atoms with Gasteiger partial charge >= 0.3 is 0 Å². The summed E-state index contributed by atoms with van der Waals surface area (Å²) in [5, 5.41) is 4.91. The van der Waals surface area contributed by atoms with Crippen molar-refractivity contribution < 1.29 is 0 Å². The van der Waals surface area contributed by atoms with Crippen LogP contribution in [0.25, 0.3) is 0 Å². The van der Waals surface area contributed by atoms with Crippen LogP contribution >= 0.6 is 23.2 Å². The third-order valence-electron chi connectivity index (χ3n) is 3.28. The number of nitrogens with zero attached hydrogens (tertiary/aromatic N) is 1. The van der Waals surface area contributed by atoms with Gasteiger partial charge in [-0.15, -0.1) is 0 Å². The number of para-hydroxylation sites is 1. The molecule has 4 heteroatoms. The Bertz CT molecular complexity index is 373. The Kier molecular flexibility index (Phi) is 4.18. The van der Waals surface area contributed by atoms with Crippen molar-refractivity contribution >= 4 is 28.9 Å². The smallest absolute Gasteiger partial charge is 0.0748 e. The normalized spacial score (nSPS) is 21.0. The Morgan fingerprint density at radius 1 is 1.29 bits per heavy atom. The minimum absolute atomic E-state index is 0.446. The van der Waals surface area contributed by atoms with Gasteiger partial charge in [-0.3, -0.25) is 0 Å². The van der Waals surface area contributed by atoms with Gasteiger partial charge in [-0.05, 0) is 18.1 Å². The fraction of sp³-hybridized carbons (Fsp3) is 0.538. The lowest BCUT2D eigenvalue weighted by atomic mass is 10.00. The van der Waals surface area contributed by atoms with E-state index in [2.05, 4.69) is 24.1 Å². The molecule has 1 unspecified atom stereocenters. The van der Waals surface area contributed by atoms with Crippen molar-refractivity contribution in [1.82, 2.24) is 5.32 Å². The van der Waals surface area contributed by atoms with Crippen molar-refractivity contribution in [3.8, 4) is 0 Å². The molecule has 1 aliphatic rings. The topological polar surface area (TPSA) is 15.3 Å². The molecule has 1 aromatic rings. The van der Waals surface area contributed by atoms with Gasteiger partial charge < -0.3 is 10.2 Å². The molecule has 0 amide bonds. The molecule has 1 N–H and O–H groups in total. The maximum absolute atomic E-state index is 6.29. The molecule has 0 radical (unpaired) electrons. The molecule has 0 aromatic heterocycles. The summed E-state index contributed by atoms with van der Waals surface area (Å²) in [7, 11) is 0. The standard InChI is InChI=1S/C13H18Cl2N2/c1-9(2)12-8-16-6-7-17(12)13-10(14)4-3-5-11(13)15/h3-5,9,12,16H,6-8H2,1-2H3. The number of hydrogen-bond acceptors (Lipinski definition) is 2. The highest BCUT2D eigenvalue weighted by atomic mass is 35.5. The Balaban J connectivity index is 2.36. The van der Waals surface area contributed by atoms with Crippen molar-refractivity contribution in [2.45, 2.75) is 19.9 Å². The summed E-state index contributed by atoms with van der Waals surface area (Å²) in [6.45, 7) is 7.38. The molecule has 0 bridgehead atoms. The van der Waals surface area contributed by atoms with E-state index in [9.17, 15) is 0 Å². The van der Waals surface area contributed by atoms with Crippen molar-refractivity contribution in [1.29, 1.82) is 0 Å². The summed E-state index contributed by atoms with van der Waals surface area (Å²) in [4.78, 5) is 2.34. The van der Waals surface area contributed by atoms with Crippen LogP contribution in [0.5, 0.6) is 0 Å². The van der Waals surface area contributed by atoms with Gasteiger partial charge in [0, 0.05) is 25.7 Å². The van der Waals surface area contributed by atoms with Crippen LogP contribution in [0.2, 0.25) is 10.0 Å². The number of halogens is 2. The highest BCUT2D eigenvalue weighted by Crippen LogP contribution is 2.36. The summed E-state index contributed by atoms with van der Waals surface area (Å²) in [5.74, 6) is 0.565. The molecule has 2 nitrogen and oxygen atoms in total. The molecular formula is C13H18Cl2N2. The molecule has 1 aromatic carbocycles. The molecule has 1 aliphatic heterocycles. The highest BCUT2D eigenvalue weighted by molar-refractivity contribution is 6.39. The number of piperazine rings is 1. The third-order valence-corrected chi connectivity index (χ3v) is 3.89. The van der Waals surface area contributed by atoms with E-state index in [4.69, 9.17) is 23.2 Å². The van der Waals surface area contributed by atoms with Crippen molar-refractivity contribution in [3.63, 3.8) is 0 Å². The predicted octanol–water partition coefficient (Wildman–Crippen LogP) is 3.43. The lowest BCUT2D eigenvalue weighted by Crippen LogP contribution is -2.54. The highest BCUT2D eigenvalue weighted by Gasteiger charge is 2.27. The predicted molar refractivity (Wildman–Crippen MR) is 75.3 cm³/mol. The van der Waals surface area contributed by atoms with E-state index in [0.29, 0.717) is 12.0 Å². The largest absolute Gasteiger partial charge is 0.363 e. The number of rotatable bonds is 2. The van der Waals surface area contributed by atoms with Crippen LogP contribution in [0.4, 0.5) is 5.69 Å².